The van der Waals surface area contributed by atoms with Crippen LogP contribution in [0.4, 0.5) is 5.69 Å². The van der Waals surface area contributed by atoms with Crippen molar-refractivity contribution in [1.82, 2.24) is 10.1 Å². The van der Waals surface area contributed by atoms with Crippen molar-refractivity contribution in [3.05, 3.63) is 17.5 Å². The second kappa shape index (κ2) is 3.45. The molecule has 3 rings (SSSR count). The van der Waals surface area contributed by atoms with Crippen molar-refractivity contribution < 1.29 is 4.52 Å². The Labute approximate surface area is 93.0 Å². The van der Waals surface area contributed by atoms with E-state index in [0.29, 0.717) is 11.6 Å². The van der Waals surface area contributed by atoms with Gasteiger partial charge in [-0.2, -0.15) is 0 Å². The number of aromatic nitrogens is 2. The SMILES string of the molecule is CCc1noc2nc(C3CC3)cc(NN)c12. The molecule has 0 bridgehead atoms. The van der Waals surface area contributed by atoms with E-state index < -0.39 is 0 Å². The van der Waals surface area contributed by atoms with E-state index in [0.717, 1.165) is 28.9 Å². The van der Waals surface area contributed by atoms with Crippen LogP contribution < -0.4 is 11.3 Å². The van der Waals surface area contributed by atoms with Gasteiger partial charge in [-0.15, -0.1) is 0 Å². The van der Waals surface area contributed by atoms with Gasteiger partial charge in [-0.1, -0.05) is 12.1 Å². The van der Waals surface area contributed by atoms with E-state index in [1.54, 1.807) is 0 Å². The van der Waals surface area contributed by atoms with E-state index in [1.807, 2.05) is 13.0 Å². The van der Waals surface area contributed by atoms with Gasteiger partial charge < -0.3 is 9.95 Å². The molecule has 0 aromatic carbocycles. The number of nitrogens with two attached hydrogens (primary N) is 1. The maximum absolute atomic E-state index is 5.54. The highest BCUT2D eigenvalue weighted by Crippen LogP contribution is 2.41. The number of hydrogen-bond donors (Lipinski definition) is 2. The third-order valence-corrected chi connectivity index (χ3v) is 3.02. The molecule has 0 aliphatic heterocycles. The van der Waals surface area contributed by atoms with Gasteiger partial charge in [0.25, 0.3) is 5.71 Å². The Balaban J connectivity index is 2.23. The standard InChI is InChI=1S/C11H14N4O/c1-2-7-10-9(14-12)5-8(6-3-4-6)13-11(10)16-15-7/h5-6H,2-4,12H2,1H3,(H,13,14). The molecule has 2 heterocycles. The lowest BCUT2D eigenvalue weighted by Gasteiger charge is -2.04. The highest BCUT2D eigenvalue weighted by molar-refractivity contribution is 5.90. The van der Waals surface area contributed by atoms with Gasteiger partial charge in [0.15, 0.2) is 0 Å². The Morgan fingerprint density at radius 3 is 3.00 bits per heavy atom. The number of nitrogen functional groups attached to an aromatic ring is 1. The zero-order chi connectivity index (χ0) is 11.1. The maximum atomic E-state index is 5.54. The molecule has 84 valence electrons. The number of aryl methyl sites for hydroxylation is 1. The molecule has 5 heteroatoms. The molecule has 1 aliphatic carbocycles. The van der Waals surface area contributed by atoms with Crippen LogP contribution >= 0.6 is 0 Å². The van der Waals surface area contributed by atoms with Crippen molar-refractivity contribution in [2.45, 2.75) is 32.1 Å². The van der Waals surface area contributed by atoms with E-state index >= 15 is 0 Å². The van der Waals surface area contributed by atoms with Gasteiger partial charge in [-0.25, -0.2) is 4.98 Å². The fourth-order valence-corrected chi connectivity index (χ4v) is 1.97. The molecule has 1 fully saturated rings. The minimum absolute atomic E-state index is 0.576. The van der Waals surface area contributed by atoms with Crippen LogP contribution in [0.3, 0.4) is 0 Å². The number of pyridine rings is 1. The zero-order valence-electron chi connectivity index (χ0n) is 9.16. The fraction of sp³-hybridized carbons (Fsp3) is 0.455. The Kier molecular flexibility index (Phi) is 2.07. The Morgan fingerprint density at radius 2 is 2.38 bits per heavy atom. The van der Waals surface area contributed by atoms with Gasteiger partial charge >= 0.3 is 0 Å². The minimum atomic E-state index is 0.576. The van der Waals surface area contributed by atoms with E-state index in [4.69, 9.17) is 10.4 Å². The lowest BCUT2D eigenvalue weighted by Crippen LogP contribution is -2.08. The number of rotatable bonds is 3. The summed E-state index contributed by atoms with van der Waals surface area (Å²) in [5.74, 6) is 6.12. The molecule has 0 atom stereocenters. The largest absolute Gasteiger partial charge is 0.335 e. The zero-order valence-corrected chi connectivity index (χ0v) is 9.16. The Hall–Kier alpha value is -1.62. The number of hydrazine groups is 1. The van der Waals surface area contributed by atoms with Gasteiger partial charge in [0, 0.05) is 11.6 Å². The normalized spacial score (nSPS) is 15.6. The predicted octanol–water partition coefficient (Wildman–Crippen LogP) is 1.95. The summed E-state index contributed by atoms with van der Waals surface area (Å²) in [4.78, 5) is 4.49. The van der Waals surface area contributed by atoms with Crippen molar-refractivity contribution in [3.8, 4) is 0 Å². The smallest absolute Gasteiger partial charge is 0.260 e. The Bertz CT molecular complexity index is 530. The molecule has 3 N–H and O–H groups in total. The van der Waals surface area contributed by atoms with Gasteiger partial charge in [-0.3, -0.25) is 5.84 Å². The first-order valence-corrected chi connectivity index (χ1v) is 5.59. The molecular formula is C11H14N4O. The van der Waals surface area contributed by atoms with Crippen LogP contribution in [-0.4, -0.2) is 10.1 Å². The summed E-state index contributed by atoms with van der Waals surface area (Å²) in [6, 6.07) is 2.01. The van der Waals surface area contributed by atoms with Crippen molar-refractivity contribution >= 4 is 16.8 Å². The highest BCUT2D eigenvalue weighted by atomic mass is 16.5. The lowest BCUT2D eigenvalue weighted by atomic mass is 10.1. The second-order valence-electron chi connectivity index (χ2n) is 4.18. The number of nitrogens with one attached hydrogen (secondary N) is 1. The summed E-state index contributed by atoms with van der Waals surface area (Å²) < 4.78 is 5.24. The van der Waals surface area contributed by atoms with Crippen LogP contribution in [0.2, 0.25) is 0 Å². The van der Waals surface area contributed by atoms with Crippen LogP contribution in [0.25, 0.3) is 11.1 Å². The first-order chi connectivity index (χ1) is 7.83. The third-order valence-electron chi connectivity index (χ3n) is 3.02. The average molecular weight is 218 g/mol. The average Bonchev–Trinajstić information content (AvgIpc) is 3.08. The lowest BCUT2D eigenvalue weighted by molar-refractivity contribution is 0.439. The minimum Gasteiger partial charge on any atom is -0.335 e. The number of nitrogens with zero attached hydrogens (tertiary/aromatic N) is 2. The summed E-state index contributed by atoms with van der Waals surface area (Å²) in [7, 11) is 0. The van der Waals surface area contributed by atoms with Crippen molar-refractivity contribution in [3.63, 3.8) is 0 Å². The van der Waals surface area contributed by atoms with Gasteiger partial charge in [0.05, 0.1) is 16.8 Å². The summed E-state index contributed by atoms with van der Waals surface area (Å²) in [5, 5.41) is 4.92. The maximum Gasteiger partial charge on any atom is 0.260 e. The molecule has 2 aromatic heterocycles. The van der Waals surface area contributed by atoms with Crippen LogP contribution in [-0.2, 0) is 6.42 Å². The fourth-order valence-electron chi connectivity index (χ4n) is 1.97. The third kappa shape index (κ3) is 1.36. The highest BCUT2D eigenvalue weighted by Gasteiger charge is 2.27. The molecule has 0 amide bonds. The quantitative estimate of drug-likeness (QED) is 0.608. The summed E-state index contributed by atoms with van der Waals surface area (Å²) in [6.45, 7) is 2.03. The molecule has 0 radical (unpaired) electrons. The first-order valence-electron chi connectivity index (χ1n) is 5.59. The molecule has 16 heavy (non-hydrogen) atoms. The monoisotopic (exact) mass is 218 g/mol. The molecule has 0 spiro atoms. The number of anilines is 1. The summed E-state index contributed by atoms with van der Waals surface area (Å²) in [6.07, 6.45) is 3.22. The first kappa shape index (κ1) is 9.59. The molecule has 1 aliphatic rings. The van der Waals surface area contributed by atoms with Crippen LogP contribution in [0.1, 0.15) is 37.1 Å². The van der Waals surface area contributed by atoms with Gasteiger partial charge in [0.1, 0.15) is 0 Å². The topological polar surface area (TPSA) is 77.0 Å². The van der Waals surface area contributed by atoms with Crippen molar-refractivity contribution in [2.75, 3.05) is 5.43 Å². The van der Waals surface area contributed by atoms with Crippen molar-refractivity contribution in [2.24, 2.45) is 5.84 Å². The van der Waals surface area contributed by atoms with Crippen LogP contribution in [0.5, 0.6) is 0 Å². The Morgan fingerprint density at radius 1 is 1.56 bits per heavy atom. The van der Waals surface area contributed by atoms with E-state index in [1.165, 1.54) is 12.8 Å². The molecule has 5 nitrogen and oxygen atoms in total. The summed E-state index contributed by atoms with van der Waals surface area (Å²) in [5.41, 5.74) is 6.13. The van der Waals surface area contributed by atoms with Crippen LogP contribution in [0, 0.1) is 0 Å². The molecule has 0 saturated heterocycles. The van der Waals surface area contributed by atoms with Gasteiger partial charge in [0.2, 0.25) is 0 Å². The van der Waals surface area contributed by atoms with E-state index in [9.17, 15) is 0 Å². The van der Waals surface area contributed by atoms with Crippen molar-refractivity contribution in [1.29, 1.82) is 0 Å². The van der Waals surface area contributed by atoms with E-state index in [-0.39, 0.29) is 0 Å². The number of hydrogen-bond acceptors (Lipinski definition) is 5. The molecule has 2 aromatic rings. The second-order valence-corrected chi connectivity index (χ2v) is 4.18. The summed E-state index contributed by atoms with van der Waals surface area (Å²) >= 11 is 0. The van der Waals surface area contributed by atoms with Crippen LogP contribution in [0.15, 0.2) is 10.6 Å². The molecule has 0 unspecified atom stereocenters. The number of fused-ring (bicyclic) bond motifs is 1. The predicted molar refractivity (Wildman–Crippen MR) is 61.0 cm³/mol. The van der Waals surface area contributed by atoms with E-state index in [2.05, 4.69) is 15.6 Å². The molecular weight excluding hydrogens is 204 g/mol. The molecule has 1 saturated carbocycles. The van der Waals surface area contributed by atoms with Gasteiger partial charge in [-0.05, 0) is 25.3 Å².